The maximum Gasteiger partial charge on any atom is 0.0871 e. The summed E-state index contributed by atoms with van der Waals surface area (Å²) in [6, 6.07) is 5.26. The van der Waals surface area contributed by atoms with E-state index >= 15 is 0 Å². The first kappa shape index (κ1) is 12.8. The highest BCUT2D eigenvalue weighted by molar-refractivity contribution is 6.42. The molecule has 1 rings (SSSR count). The highest BCUT2D eigenvalue weighted by atomic mass is 35.5. The Bertz CT molecular complexity index is 345. The van der Waals surface area contributed by atoms with Crippen molar-refractivity contribution >= 4 is 23.2 Å². The molecule has 0 fully saturated rings. The highest BCUT2D eigenvalue weighted by Crippen LogP contribution is 2.32. The van der Waals surface area contributed by atoms with Gasteiger partial charge in [-0.05, 0) is 37.0 Å². The van der Waals surface area contributed by atoms with Crippen LogP contribution in [-0.4, -0.2) is 5.11 Å². The summed E-state index contributed by atoms with van der Waals surface area (Å²) in [5.74, 6) is 0.425. The number of aliphatic hydroxyl groups is 1. The van der Waals surface area contributed by atoms with Gasteiger partial charge < -0.3 is 5.11 Å². The van der Waals surface area contributed by atoms with E-state index in [0.29, 0.717) is 22.4 Å². The van der Waals surface area contributed by atoms with Crippen LogP contribution in [0.5, 0.6) is 0 Å². The third-order valence-electron chi connectivity index (χ3n) is 2.35. The molecule has 15 heavy (non-hydrogen) atoms. The van der Waals surface area contributed by atoms with E-state index in [9.17, 15) is 5.11 Å². The Kier molecular flexibility index (Phi) is 4.05. The van der Waals surface area contributed by atoms with Crippen molar-refractivity contribution in [1.82, 2.24) is 0 Å². The Labute approximate surface area is 101 Å². The fraction of sp³-hybridized carbons (Fsp3) is 0.500. The average Bonchev–Trinajstić information content (AvgIpc) is 2.07. The van der Waals surface area contributed by atoms with Gasteiger partial charge in [-0.15, -0.1) is 0 Å². The first-order chi connectivity index (χ1) is 6.83. The van der Waals surface area contributed by atoms with Crippen molar-refractivity contribution in [3.05, 3.63) is 33.8 Å². The van der Waals surface area contributed by atoms with E-state index in [4.69, 9.17) is 23.2 Å². The molecule has 0 aliphatic carbocycles. The first-order valence-corrected chi connectivity index (χ1v) is 5.76. The van der Waals surface area contributed by atoms with Crippen LogP contribution < -0.4 is 0 Å². The van der Waals surface area contributed by atoms with Crippen molar-refractivity contribution in [3.63, 3.8) is 0 Å². The standard InChI is InChI=1S/C12H16Cl2O/c1-8(2)7-12(3,15)9-4-5-10(13)11(14)6-9/h4-6,8,15H,7H2,1-3H3. The molecule has 1 unspecified atom stereocenters. The number of hydrogen-bond donors (Lipinski definition) is 1. The summed E-state index contributed by atoms with van der Waals surface area (Å²) in [6.45, 7) is 5.95. The van der Waals surface area contributed by atoms with Gasteiger partial charge in [0, 0.05) is 0 Å². The Morgan fingerprint density at radius 2 is 1.87 bits per heavy atom. The van der Waals surface area contributed by atoms with Gasteiger partial charge in [-0.25, -0.2) is 0 Å². The minimum Gasteiger partial charge on any atom is -0.385 e. The van der Waals surface area contributed by atoms with Crippen LogP contribution in [0.2, 0.25) is 10.0 Å². The van der Waals surface area contributed by atoms with Gasteiger partial charge in [-0.2, -0.15) is 0 Å². The zero-order valence-corrected chi connectivity index (χ0v) is 10.7. The second-order valence-electron chi connectivity index (χ2n) is 4.50. The smallest absolute Gasteiger partial charge is 0.0871 e. The molecule has 0 heterocycles. The van der Waals surface area contributed by atoms with Gasteiger partial charge in [0.05, 0.1) is 15.6 Å². The van der Waals surface area contributed by atoms with E-state index in [2.05, 4.69) is 13.8 Å². The molecule has 0 saturated heterocycles. The van der Waals surface area contributed by atoms with Crippen LogP contribution in [0.15, 0.2) is 18.2 Å². The van der Waals surface area contributed by atoms with E-state index in [1.807, 2.05) is 6.07 Å². The monoisotopic (exact) mass is 246 g/mol. The molecule has 1 N–H and O–H groups in total. The quantitative estimate of drug-likeness (QED) is 0.846. The number of halogens is 2. The van der Waals surface area contributed by atoms with Crippen molar-refractivity contribution in [1.29, 1.82) is 0 Å². The molecule has 0 spiro atoms. The fourth-order valence-electron chi connectivity index (χ4n) is 1.74. The molecule has 1 atom stereocenters. The largest absolute Gasteiger partial charge is 0.385 e. The second kappa shape index (κ2) is 4.73. The van der Waals surface area contributed by atoms with E-state index < -0.39 is 5.60 Å². The third-order valence-corrected chi connectivity index (χ3v) is 3.09. The summed E-state index contributed by atoms with van der Waals surface area (Å²) >= 11 is 11.7. The Balaban J connectivity index is 2.99. The molecular formula is C12H16Cl2O. The van der Waals surface area contributed by atoms with Crippen LogP contribution in [0.4, 0.5) is 0 Å². The second-order valence-corrected chi connectivity index (χ2v) is 5.32. The highest BCUT2D eigenvalue weighted by Gasteiger charge is 2.24. The topological polar surface area (TPSA) is 20.2 Å². The summed E-state index contributed by atoms with van der Waals surface area (Å²) in [5.41, 5.74) is -0.0341. The van der Waals surface area contributed by atoms with Crippen molar-refractivity contribution < 1.29 is 5.11 Å². The lowest BCUT2D eigenvalue weighted by molar-refractivity contribution is 0.0349. The van der Waals surface area contributed by atoms with Gasteiger partial charge in [0.1, 0.15) is 0 Å². The molecule has 0 radical (unpaired) electrons. The van der Waals surface area contributed by atoms with E-state index in [1.165, 1.54) is 0 Å². The summed E-state index contributed by atoms with van der Waals surface area (Å²) in [7, 11) is 0. The predicted octanol–water partition coefficient (Wildman–Crippen LogP) is 4.25. The molecule has 0 aromatic heterocycles. The van der Waals surface area contributed by atoms with Crippen molar-refractivity contribution in [2.75, 3.05) is 0 Å². The van der Waals surface area contributed by atoms with Gasteiger partial charge in [0.15, 0.2) is 0 Å². The van der Waals surface area contributed by atoms with Crippen LogP contribution in [0, 0.1) is 5.92 Å². The molecule has 0 aliphatic rings. The van der Waals surface area contributed by atoms with Gasteiger partial charge in [-0.1, -0.05) is 43.1 Å². The molecule has 84 valence electrons. The predicted molar refractivity (Wildman–Crippen MR) is 65.5 cm³/mol. The molecular weight excluding hydrogens is 231 g/mol. The van der Waals surface area contributed by atoms with Crippen molar-refractivity contribution in [3.8, 4) is 0 Å². The molecule has 1 nitrogen and oxygen atoms in total. The lowest BCUT2D eigenvalue weighted by Crippen LogP contribution is -2.23. The maximum atomic E-state index is 10.3. The Hall–Kier alpha value is -0.240. The number of hydrogen-bond acceptors (Lipinski definition) is 1. The maximum absolute atomic E-state index is 10.3. The fourth-order valence-corrected chi connectivity index (χ4v) is 2.04. The van der Waals surface area contributed by atoms with Gasteiger partial charge in [-0.3, -0.25) is 0 Å². The van der Waals surface area contributed by atoms with E-state index in [0.717, 1.165) is 5.56 Å². The van der Waals surface area contributed by atoms with Crippen molar-refractivity contribution in [2.24, 2.45) is 5.92 Å². The SMILES string of the molecule is CC(C)CC(C)(O)c1ccc(Cl)c(Cl)c1. The zero-order valence-electron chi connectivity index (χ0n) is 9.22. The third kappa shape index (κ3) is 3.37. The summed E-state index contributed by atoms with van der Waals surface area (Å²) in [5, 5.41) is 11.3. The average molecular weight is 247 g/mol. The molecule has 1 aromatic rings. The molecule has 3 heteroatoms. The molecule has 0 amide bonds. The zero-order chi connectivity index (χ0) is 11.6. The normalized spacial score (nSPS) is 15.4. The van der Waals surface area contributed by atoms with Crippen LogP contribution in [0.3, 0.4) is 0 Å². The summed E-state index contributed by atoms with van der Waals surface area (Å²) in [6.07, 6.45) is 0.699. The Morgan fingerprint density at radius 1 is 1.27 bits per heavy atom. The minimum atomic E-state index is -0.845. The molecule has 1 aromatic carbocycles. The molecule has 0 aliphatic heterocycles. The van der Waals surface area contributed by atoms with Crippen LogP contribution in [0.25, 0.3) is 0 Å². The van der Waals surface area contributed by atoms with Crippen LogP contribution in [-0.2, 0) is 5.60 Å². The van der Waals surface area contributed by atoms with Crippen molar-refractivity contribution in [2.45, 2.75) is 32.8 Å². The molecule has 0 saturated carbocycles. The Morgan fingerprint density at radius 3 is 2.33 bits per heavy atom. The van der Waals surface area contributed by atoms with Gasteiger partial charge in [0.2, 0.25) is 0 Å². The lowest BCUT2D eigenvalue weighted by Gasteiger charge is -2.26. The lowest BCUT2D eigenvalue weighted by atomic mass is 9.87. The van der Waals surface area contributed by atoms with Crippen LogP contribution in [0.1, 0.15) is 32.8 Å². The first-order valence-electron chi connectivity index (χ1n) is 5.01. The van der Waals surface area contributed by atoms with E-state index in [-0.39, 0.29) is 0 Å². The number of rotatable bonds is 3. The number of benzene rings is 1. The minimum absolute atomic E-state index is 0.425. The summed E-state index contributed by atoms with van der Waals surface area (Å²) in [4.78, 5) is 0. The summed E-state index contributed by atoms with van der Waals surface area (Å²) < 4.78 is 0. The van der Waals surface area contributed by atoms with Gasteiger partial charge in [0.25, 0.3) is 0 Å². The van der Waals surface area contributed by atoms with E-state index in [1.54, 1.807) is 19.1 Å². The van der Waals surface area contributed by atoms with Gasteiger partial charge >= 0.3 is 0 Å². The molecule has 0 bridgehead atoms. The van der Waals surface area contributed by atoms with Crippen LogP contribution >= 0.6 is 23.2 Å².